The fourth-order valence-corrected chi connectivity index (χ4v) is 9.54. The summed E-state index contributed by atoms with van der Waals surface area (Å²) < 4.78 is 11.8. The van der Waals surface area contributed by atoms with Gasteiger partial charge in [0.1, 0.15) is 17.6 Å². The maximum absolute atomic E-state index is 14.0. The molecule has 244 valence electrons. The van der Waals surface area contributed by atoms with Crippen LogP contribution in [0.2, 0.25) is 0 Å². The van der Waals surface area contributed by atoms with E-state index in [0.29, 0.717) is 38.0 Å². The summed E-state index contributed by atoms with van der Waals surface area (Å²) >= 11 is 0. The van der Waals surface area contributed by atoms with Gasteiger partial charge in [-0.3, -0.25) is 14.4 Å². The molecule has 45 heavy (non-hydrogen) atoms. The van der Waals surface area contributed by atoms with Gasteiger partial charge >= 0.3 is 5.97 Å². The Balaban J connectivity index is 1.19. The molecule has 0 aliphatic heterocycles. The molecule has 6 rings (SSSR count). The Morgan fingerprint density at radius 3 is 2.42 bits per heavy atom. The molecule has 4 bridgehead atoms. The summed E-state index contributed by atoms with van der Waals surface area (Å²) in [5.41, 5.74) is -1.45. The molecule has 0 saturated heterocycles. The molecule has 10 nitrogen and oxygen atoms in total. The highest BCUT2D eigenvalue weighted by molar-refractivity contribution is 5.98. The minimum Gasteiger partial charge on any atom is -0.496 e. The standard InChI is InChI=1S/C35H47N3O7/c1-4-34(16-20-7-12-35(43,17-20)19-34)38-31(40)28-21-5-6-22(13-21)29(28)37-30(39)25-15-26(23(18-36)14-27(25)44-3)45-24-8-10-33(2,11-9-24)32(41)42/h14-15,20-22,24,28-29,43H,4-13,16-17,19H2,1-3H3,(H,37,39)(H,38,40)(H,41,42)/t20?,21-,22+,24?,28+,29-,33?,34-,35-/m1/s1. The highest BCUT2D eigenvalue weighted by atomic mass is 16.5. The molecule has 5 aliphatic rings. The molecular formula is C35H47N3O7. The number of fused-ring (bicyclic) bond motifs is 4. The highest BCUT2D eigenvalue weighted by Crippen LogP contribution is 2.52. The van der Waals surface area contributed by atoms with Gasteiger partial charge in [-0.25, -0.2) is 0 Å². The summed E-state index contributed by atoms with van der Waals surface area (Å²) in [6.45, 7) is 3.83. The molecular weight excluding hydrogens is 574 g/mol. The van der Waals surface area contributed by atoms with Gasteiger partial charge in [-0.1, -0.05) is 6.92 Å². The monoisotopic (exact) mass is 621 g/mol. The second kappa shape index (κ2) is 11.8. The van der Waals surface area contributed by atoms with E-state index in [2.05, 4.69) is 23.6 Å². The molecule has 0 heterocycles. The fraction of sp³-hybridized carbons (Fsp3) is 0.714. The van der Waals surface area contributed by atoms with Gasteiger partial charge in [0.15, 0.2) is 0 Å². The van der Waals surface area contributed by atoms with Crippen LogP contribution in [0.4, 0.5) is 0 Å². The van der Waals surface area contributed by atoms with E-state index in [9.17, 15) is 29.9 Å². The second-order valence-corrected chi connectivity index (χ2v) is 15.0. The molecule has 5 saturated carbocycles. The normalized spacial score (nSPS) is 38.3. The topological polar surface area (TPSA) is 158 Å². The molecule has 0 radical (unpaired) electrons. The molecule has 1 unspecified atom stereocenters. The van der Waals surface area contributed by atoms with Crippen molar-refractivity contribution in [2.75, 3.05) is 7.11 Å². The van der Waals surface area contributed by atoms with Gasteiger partial charge in [0.2, 0.25) is 5.91 Å². The maximum Gasteiger partial charge on any atom is 0.309 e. The van der Waals surface area contributed by atoms with E-state index >= 15 is 0 Å². The Hall–Kier alpha value is -3.32. The van der Waals surface area contributed by atoms with Crippen LogP contribution in [-0.2, 0) is 9.59 Å². The zero-order chi connectivity index (χ0) is 32.1. The van der Waals surface area contributed by atoms with Gasteiger partial charge in [-0.15, -0.1) is 0 Å². The third kappa shape index (κ3) is 5.89. The number of nitrogens with zero attached hydrogens (tertiary/aromatic N) is 1. The predicted octanol–water partition coefficient (Wildman–Crippen LogP) is 4.71. The zero-order valence-corrected chi connectivity index (χ0v) is 26.7. The van der Waals surface area contributed by atoms with Crippen LogP contribution in [0.5, 0.6) is 11.5 Å². The molecule has 1 aromatic carbocycles. The Labute approximate surface area is 265 Å². The van der Waals surface area contributed by atoms with Crippen molar-refractivity contribution in [1.29, 1.82) is 5.26 Å². The minimum atomic E-state index is -0.817. The maximum atomic E-state index is 14.0. The first kappa shape index (κ1) is 31.7. The van der Waals surface area contributed by atoms with Gasteiger partial charge < -0.3 is 30.3 Å². The Morgan fingerprint density at radius 2 is 1.78 bits per heavy atom. The number of carboxylic acids is 1. The Kier molecular flexibility index (Phi) is 8.30. The number of carboxylic acid groups (broad SMARTS) is 1. The van der Waals surface area contributed by atoms with Gasteiger partial charge in [0.05, 0.1) is 41.3 Å². The van der Waals surface area contributed by atoms with Gasteiger partial charge in [0, 0.05) is 17.6 Å². The number of aliphatic carboxylic acids is 1. The Bertz CT molecular complexity index is 1400. The average Bonchev–Trinajstić information content (AvgIpc) is 3.70. The lowest BCUT2D eigenvalue weighted by molar-refractivity contribution is -0.150. The molecule has 2 amide bonds. The molecule has 5 fully saturated rings. The Morgan fingerprint density at radius 1 is 1.04 bits per heavy atom. The summed E-state index contributed by atoms with van der Waals surface area (Å²) in [6, 6.07) is 4.86. The van der Waals surface area contributed by atoms with Crippen LogP contribution in [0.3, 0.4) is 0 Å². The van der Waals surface area contributed by atoms with Crippen molar-refractivity contribution < 1.29 is 34.1 Å². The van der Waals surface area contributed by atoms with Crippen molar-refractivity contribution in [2.24, 2.45) is 29.1 Å². The number of nitriles is 1. The van der Waals surface area contributed by atoms with Crippen LogP contribution in [-0.4, -0.2) is 58.4 Å². The highest BCUT2D eigenvalue weighted by Gasteiger charge is 2.55. The number of hydrogen-bond donors (Lipinski definition) is 4. The zero-order valence-electron chi connectivity index (χ0n) is 26.7. The fourth-order valence-electron chi connectivity index (χ4n) is 9.54. The van der Waals surface area contributed by atoms with E-state index < -0.39 is 22.5 Å². The number of carbonyl (C=O) groups excluding carboxylic acids is 2. The number of rotatable bonds is 9. The number of benzene rings is 1. The molecule has 0 aromatic heterocycles. The van der Waals surface area contributed by atoms with Gasteiger partial charge in [-0.2, -0.15) is 5.26 Å². The molecule has 1 aromatic rings. The SMILES string of the molecule is CC[C@@]1(NC(=O)[C@H]2[C@@H]3CC[C@@H](C3)[C@H]2NC(=O)c2cc(OC3CCC(C)(C(=O)O)CC3)c(C#N)cc2OC)CC2CC[C@@](O)(C2)C1. The summed E-state index contributed by atoms with van der Waals surface area (Å²) in [7, 11) is 1.45. The van der Waals surface area contributed by atoms with Gasteiger partial charge in [0.25, 0.3) is 5.91 Å². The lowest BCUT2D eigenvalue weighted by Crippen LogP contribution is -2.59. The van der Waals surface area contributed by atoms with Crippen molar-refractivity contribution >= 4 is 17.8 Å². The van der Waals surface area contributed by atoms with Crippen molar-refractivity contribution in [3.05, 3.63) is 23.3 Å². The number of amides is 2. The van der Waals surface area contributed by atoms with Crippen molar-refractivity contribution in [3.8, 4) is 17.6 Å². The summed E-state index contributed by atoms with van der Waals surface area (Å²) in [6.07, 6.45) is 9.36. The summed E-state index contributed by atoms with van der Waals surface area (Å²) in [5.74, 6) is -0.237. The first-order chi connectivity index (χ1) is 21.4. The summed E-state index contributed by atoms with van der Waals surface area (Å²) in [4.78, 5) is 39.6. The van der Waals surface area contributed by atoms with E-state index in [1.807, 2.05) is 0 Å². The van der Waals surface area contributed by atoms with Gasteiger partial charge in [-0.05, 0) is 114 Å². The van der Waals surface area contributed by atoms with Crippen LogP contribution in [0.1, 0.15) is 113 Å². The van der Waals surface area contributed by atoms with Crippen LogP contribution in [0.25, 0.3) is 0 Å². The molecule has 5 aliphatic carbocycles. The molecule has 7 atom stereocenters. The average molecular weight is 622 g/mol. The van der Waals surface area contributed by atoms with E-state index in [1.54, 1.807) is 13.0 Å². The van der Waals surface area contributed by atoms with Crippen LogP contribution < -0.4 is 20.1 Å². The van der Waals surface area contributed by atoms with Crippen LogP contribution >= 0.6 is 0 Å². The smallest absolute Gasteiger partial charge is 0.309 e. The lowest BCUT2D eigenvalue weighted by atomic mass is 9.71. The number of ether oxygens (including phenoxy) is 2. The third-order valence-corrected chi connectivity index (χ3v) is 12.1. The quantitative estimate of drug-likeness (QED) is 0.309. The number of methoxy groups -OCH3 is 1. The lowest BCUT2D eigenvalue weighted by Gasteiger charge is -2.45. The first-order valence-electron chi connectivity index (χ1n) is 16.8. The van der Waals surface area contributed by atoms with Crippen LogP contribution in [0.15, 0.2) is 12.1 Å². The van der Waals surface area contributed by atoms with Crippen molar-refractivity contribution in [3.63, 3.8) is 0 Å². The number of carbonyl (C=O) groups is 3. The van der Waals surface area contributed by atoms with E-state index in [4.69, 9.17) is 9.47 Å². The van der Waals surface area contributed by atoms with E-state index in [-0.39, 0.29) is 64.3 Å². The minimum absolute atomic E-state index is 0.0271. The van der Waals surface area contributed by atoms with Crippen molar-refractivity contribution in [1.82, 2.24) is 10.6 Å². The molecule has 4 N–H and O–H groups in total. The van der Waals surface area contributed by atoms with Crippen molar-refractivity contribution in [2.45, 2.75) is 121 Å². The number of hydrogen-bond acceptors (Lipinski definition) is 7. The first-order valence-corrected chi connectivity index (χ1v) is 16.8. The number of aliphatic hydroxyl groups is 1. The van der Waals surface area contributed by atoms with Crippen LogP contribution in [0, 0.1) is 40.4 Å². The molecule has 10 heteroatoms. The summed E-state index contributed by atoms with van der Waals surface area (Å²) in [5, 5.41) is 37.2. The van der Waals surface area contributed by atoms with E-state index in [0.717, 1.165) is 51.4 Å². The predicted molar refractivity (Wildman–Crippen MR) is 165 cm³/mol. The third-order valence-electron chi connectivity index (χ3n) is 12.1. The molecule has 0 spiro atoms. The number of nitrogens with one attached hydrogen (secondary N) is 2. The second-order valence-electron chi connectivity index (χ2n) is 15.0. The largest absolute Gasteiger partial charge is 0.496 e. The van der Waals surface area contributed by atoms with E-state index in [1.165, 1.54) is 13.2 Å².